The van der Waals surface area contributed by atoms with E-state index in [1.807, 2.05) is 0 Å². The molecule has 2 heterocycles. The number of halogens is 2. The Morgan fingerprint density at radius 1 is 1.17 bits per heavy atom. The van der Waals surface area contributed by atoms with Crippen LogP contribution < -0.4 is 16.0 Å². The van der Waals surface area contributed by atoms with Gasteiger partial charge in [0, 0.05) is 19.2 Å². The highest BCUT2D eigenvalue weighted by atomic mass is 35.5. The van der Waals surface area contributed by atoms with Gasteiger partial charge in [-0.05, 0) is 42.8 Å². The maximum Gasteiger partial charge on any atom is 0.328 e. The predicted molar refractivity (Wildman–Crippen MR) is 134 cm³/mol. The number of amides is 3. The topological polar surface area (TPSA) is 151 Å². The van der Waals surface area contributed by atoms with Crippen molar-refractivity contribution in [1.82, 2.24) is 20.9 Å². The maximum atomic E-state index is 12.7. The van der Waals surface area contributed by atoms with E-state index >= 15 is 0 Å². The fourth-order valence-electron chi connectivity index (χ4n) is 2.92. The first-order valence-electron chi connectivity index (χ1n) is 10.4. The van der Waals surface area contributed by atoms with Gasteiger partial charge in [-0.25, -0.2) is 9.78 Å². The summed E-state index contributed by atoms with van der Waals surface area (Å²) in [6.07, 6.45) is 5.66. The van der Waals surface area contributed by atoms with E-state index in [-0.39, 0.29) is 34.6 Å². The number of nitrogens with one attached hydrogen (secondary N) is 3. The third-order valence-corrected chi connectivity index (χ3v) is 6.16. The first-order chi connectivity index (χ1) is 17.1. The molecule has 0 aliphatic heterocycles. The zero-order valence-electron chi connectivity index (χ0n) is 18.7. The Hall–Kier alpha value is -3.67. The summed E-state index contributed by atoms with van der Waals surface area (Å²) in [5.74, 6) is -2.58. The van der Waals surface area contributed by atoms with Gasteiger partial charge in [-0.1, -0.05) is 23.2 Å². The third-order valence-electron chi connectivity index (χ3n) is 4.65. The third kappa shape index (κ3) is 7.41. The van der Waals surface area contributed by atoms with Crippen molar-refractivity contribution in [3.05, 3.63) is 79.6 Å². The summed E-state index contributed by atoms with van der Waals surface area (Å²) in [6.45, 7) is 1.43. The minimum Gasteiger partial charge on any atom is -0.480 e. The van der Waals surface area contributed by atoms with Crippen LogP contribution in [-0.2, 0) is 16.1 Å². The Labute approximate surface area is 219 Å². The predicted octanol–water partition coefficient (Wildman–Crippen LogP) is 3.29. The molecular formula is C23H20Cl2N4O6S. The summed E-state index contributed by atoms with van der Waals surface area (Å²) in [5, 5.41) is 17.5. The molecule has 2 aromatic heterocycles. The molecule has 1 atom stereocenters. The van der Waals surface area contributed by atoms with Crippen LogP contribution in [0, 0.1) is 6.92 Å². The number of hydrogen-bond donors (Lipinski definition) is 4. The van der Waals surface area contributed by atoms with Crippen molar-refractivity contribution in [3.63, 3.8) is 0 Å². The van der Waals surface area contributed by atoms with E-state index in [1.165, 1.54) is 36.7 Å². The molecule has 0 saturated carbocycles. The van der Waals surface area contributed by atoms with Crippen LogP contribution in [0.4, 0.5) is 0 Å². The highest BCUT2D eigenvalue weighted by Crippen LogP contribution is 2.27. The molecule has 188 valence electrons. The highest BCUT2D eigenvalue weighted by Gasteiger charge is 2.25. The quantitative estimate of drug-likeness (QED) is 0.283. The normalized spacial score (nSPS) is 11.8. The lowest BCUT2D eigenvalue weighted by Crippen LogP contribution is -2.48. The van der Waals surface area contributed by atoms with E-state index in [0.717, 1.165) is 11.3 Å². The number of rotatable bonds is 10. The van der Waals surface area contributed by atoms with Gasteiger partial charge in [0.2, 0.25) is 5.91 Å². The molecule has 0 saturated heterocycles. The lowest BCUT2D eigenvalue weighted by molar-refractivity contribution is -0.139. The van der Waals surface area contributed by atoms with Crippen LogP contribution in [0.5, 0.6) is 0 Å². The van der Waals surface area contributed by atoms with Crippen LogP contribution in [-0.4, -0.2) is 46.4 Å². The second kappa shape index (κ2) is 12.3. The molecule has 0 spiro atoms. The highest BCUT2D eigenvalue weighted by molar-refractivity contribution is 7.13. The van der Waals surface area contributed by atoms with Gasteiger partial charge in [-0.3, -0.25) is 14.4 Å². The monoisotopic (exact) mass is 550 g/mol. The van der Waals surface area contributed by atoms with E-state index in [0.29, 0.717) is 21.2 Å². The van der Waals surface area contributed by atoms with Gasteiger partial charge in [0.25, 0.3) is 11.8 Å². The van der Waals surface area contributed by atoms with Crippen molar-refractivity contribution < 1.29 is 28.7 Å². The van der Waals surface area contributed by atoms with Crippen molar-refractivity contribution in [3.8, 4) is 0 Å². The Balaban J connectivity index is 1.60. The number of carbonyl (C=O) groups is 4. The Kier molecular flexibility index (Phi) is 9.23. The van der Waals surface area contributed by atoms with Crippen LogP contribution in [0.1, 0.15) is 36.4 Å². The van der Waals surface area contributed by atoms with Crippen LogP contribution in [0.25, 0.3) is 6.08 Å². The van der Waals surface area contributed by atoms with E-state index in [9.17, 15) is 24.3 Å². The van der Waals surface area contributed by atoms with Crippen LogP contribution >= 0.6 is 34.5 Å². The van der Waals surface area contributed by atoms with Crippen LogP contribution in [0.3, 0.4) is 0 Å². The summed E-state index contributed by atoms with van der Waals surface area (Å²) in [5.41, 5.74) is 0.380. The average Bonchev–Trinajstić information content (AvgIpc) is 3.50. The van der Waals surface area contributed by atoms with Gasteiger partial charge in [0.05, 0.1) is 33.1 Å². The van der Waals surface area contributed by atoms with Crippen molar-refractivity contribution in [2.75, 3.05) is 6.54 Å². The van der Waals surface area contributed by atoms with Gasteiger partial charge in [0.1, 0.15) is 16.7 Å². The number of carbonyl (C=O) groups excluding carboxylic acids is 3. The maximum absolute atomic E-state index is 12.7. The zero-order valence-corrected chi connectivity index (χ0v) is 21.0. The summed E-state index contributed by atoms with van der Waals surface area (Å²) in [6, 6.07) is 4.81. The Morgan fingerprint density at radius 3 is 2.47 bits per heavy atom. The lowest BCUT2D eigenvalue weighted by atomic mass is 10.1. The molecule has 0 aliphatic rings. The molecule has 3 amide bonds. The number of aryl methyl sites for hydroxylation is 1. The molecule has 0 fully saturated rings. The lowest BCUT2D eigenvalue weighted by Gasteiger charge is -2.17. The average molecular weight is 551 g/mol. The van der Waals surface area contributed by atoms with E-state index < -0.39 is 23.8 Å². The molecular weight excluding hydrogens is 531 g/mol. The Morgan fingerprint density at radius 2 is 1.89 bits per heavy atom. The summed E-state index contributed by atoms with van der Waals surface area (Å²) in [7, 11) is 0. The van der Waals surface area contributed by atoms with E-state index in [2.05, 4.69) is 20.9 Å². The molecule has 0 radical (unpaired) electrons. The number of hydrogen-bond acceptors (Lipinski definition) is 7. The van der Waals surface area contributed by atoms with Gasteiger partial charge >= 0.3 is 5.97 Å². The second-order valence-corrected chi connectivity index (χ2v) is 9.37. The largest absolute Gasteiger partial charge is 0.480 e. The van der Waals surface area contributed by atoms with E-state index in [1.54, 1.807) is 19.1 Å². The molecule has 0 unspecified atom stereocenters. The van der Waals surface area contributed by atoms with Gasteiger partial charge in [-0.2, -0.15) is 0 Å². The second-order valence-electron chi connectivity index (χ2n) is 7.32. The van der Waals surface area contributed by atoms with Crippen molar-refractivity contribution >= 4 is 64.3 Å². The van der Waals surface area contributed by atoms with Crippen LogP contribution in [0.2, 0.25) is 10.0 Å². The number of aliphatic carboxylic acids is 1. The number of benzene rings is 1. The fourth-order valence-corrected chi connectivity index (χ4v) is 4.31. The molecule has 10 nitrogen and oxygen atoms in total. The van der Waals surface area contributed by atoms with Gasteiger partial charge in [0.15, 0.2) is 0 Å². The summed E-state index contributed by atoms with van der Waals surface area (Å²) in [4.78, 5) is 52.8. The summed E-state index contributed by atoms with van der Waals surface area (Å²) >= 11 is 13.6. The minimum absolute atomic E-state index is 0.0383. The van der Waals surface area contributed by atoms with Crippen molar-refractivity contribution in [1.29, 1.82) is 0 Å². The van der Waals surface area contributed by atoms with Crippen molar-refractivity contribution in [2.45, 2.75) is 19.5 Å². The minimum atomic E-state index is -1.44. The number of nitrogens with zero attached hydrogens (tertiary/aromatic N) is 1. The molecule has 3 rings (SSSR count). The molecule has 13 heteroatoms. The molecule has 1 aromatic carbocycles. The molecule has 3 aromatic rings. The Bertz CT molecular complexity index is 1280. The standard InChI is InChI=1S/C23H20Cl2N4O6S/c1-12-26-11-18(36-12)21(31)28-10-17(23(33)34)29-22(32)20-15(24)7-13(8-16(20)25)9-27-19(30)5-4-14-3-2-6-35-14/h2-8,11,17H,9-10H2,1H3,(H,27,30)(H,28,31)(H,29,32)(H,33,34)/b5-4+/t17-/m0/s1. The first-order valence-corrected chi connectivity index (χ1v) is 11.9. The summed E-state index contributed by atoms with van der Waals surface area (Å²) < 4.78 is 5.10. The smallest absolute Gasteiger partial charge is 0.328 e. The van der Waals surface area contributed by atoms with Crippen molar-refractivity contribution in [2.24, 2.45) is 0 Å². The molecule has 36 heavy (non-hydrogen) atoms. The number of thiazole rings is 1. The zero-order chi connectivity index (χ0) is 26.2. The van der Waals surface area contributed by atoms with Crippen LogP contribution in [0.15, 0.2) is 47.2 Å². The molecule has 0 bridgehead atoms. The van der Waals surface area contributed by atoms with Gasteiger partial charge < -0.3 is 25.5 Å². The molecule has 4 N–H and O–H groups in total. The number of furan rings is 1. The fraction of sp³-hybridized carbons (Fsp3) is 0.174. The van der Waals surface area contributed by atoms with E-state index in [4.69, 9.17) is 27.6 Å². The van der Waals surface area contributed by atoms with Gasteiger partial charge in [-0.15, -0.1) is 11.3 Å². The first kappa shape index (κ1) is 26.9. The number of carboxylic acids is 1. The SMILES string of the molecule is Cc1ncc(C(=O)NC[C@H](NC(=O)c2c(Cl)cc(CNC(=O)/C=C/c3ccco3)cc2Cl)C(=O)O)s1. The molecule has 0 aliphatic carbocycles. The number of carboxylic acid groups (broad SMARTS) is 1. The number of aromatic nitrogens is 1.